The summed E-state index contributed by atoms with van der Waals surface area (Å²) in [6.45, 7) is 11.7. The van der Waals surface area contributed by atoms with Crippen molar-refractivity contribution in [2.24, 2.45) is 5.92 Å². The number of likely N-dealkylation sites (tertiary alicyclic amines) is 1. The fourth-order valence-corrected chi connectivity index (χ4v) is 3.69. The summed E-state index contributed by atoms with van der Waals surface area (Å²) in [5, 5.41) is 2.99. The van der Waals surface area contributed by atoms with Crippen molar-refractivity contribution in [1.29, 1.82) is 0 Å². The van der Waals surface area contributed by atoms with Crippen LogP contribution in [0.4, 0.5) is 10.5 Å². The third-order valence-corrected chi connectivity index (χ3v) is 5.13. The van der Waals surface area contributed by atoms with E-state index in [1.165, 1.54) is 4.90 Å². The Balaban J connectivity index is 2.22. The zero-order valence-electron chi connectivity index (χ0n) is 18.9. The molecular formula is C23H34N2O5. The first kappa shape index (κ1) is 23.7. The highest BCUT2D eigenvalue weighted by Crippen LogP contribution is 2.29. The molecule has 1 aromatic carbocycles. The molecule has 0 aliphatic carbocycles. The lowest BCUT2D eigenvalue weighted by molar-refractivity contribution is -0.145. The number of carbonyl (C=O) groups excluding carboxylic acids is 3. The minimum Gasteiger partial charge on any atom is -0.466 e. The molecule has 7 nitrogen and oxygen atoms in total. The fourth-order valence-electron chi connectivity index (χ4n) is 3.69. The van der Waals surface area contributed by atoms with E-state index in [0.717, 1.165) is 16.8 Å². The third kappa shape index (κ3) is 6.47. The minimum atomic E-state index is -0.716. The maximum absolute atomic E-state index is 13.2. The van der Waals surface area contributed by atoms with Gasteiger partial charge in [0.25, 0.3) is 0 Å². The summed E-state index contributed by atoms with van der Waals surface area (Å²) in [5.41, 5.74) is 1.99. The molecule has 1 heterocycles. The Morgan fingerprint density at radius 2 is 1.80 bits per heavy atom. The molecule has 0 spiro atoms. The highest BCUT2D eigenvalue weighted by Gasteiger charge is 2.39. The van der Waals surface area contributed by atoms with E-state index in [4.69, 9.17) is 9.47 Å². The van der Waals surface area contributed by atoms with Crippen molar-refractivity contribution in [3.63, 3.8) is 0 Å². The first-order chi connectivity index (χ1) is 14.0. The van der Waals surface area contributed by atoms with Crippen LogP contribution < -0.4 is 5.32 Å². The molecule has 166 valence electrons. The Kier molecular flexibility index (Phi) is 7.87. The van der Waals surface area contributed by atoms with Crippen LogP contribution in [0.15, 0.2) is 18.2 Å². The second-order valence-corrected chi connectivity index (χ2v) is 8.85. The number of carbonyl (C=O) groups is 3. The highest BCUT2D eigenvalue weighted by molar-refractivity contribution is 5.98. The number of rotatable bonds is 5. The number of piperidine rings is 1. The van der Waals surface area contributed by atoms with Crippen LogP contribution in [-0.4, -0.2) is 47.7 Å². The van der Waals surface area contributed by atoms with Gasteiger partial charge in [0.2, 0.25) is 5.91 Å². The molecule has 0 saturated carbocycles. The van der Waals surface area contributed by atoms with E-state index < -0.39 is 17.7 Å². The van der Waals surface area contributed by atoms with Crippen LogP contribution in [-0.2, 0) is 19.1 Å². The van der Waals surface area contributed by atoms with Gasteiger partial charge < -0.3 is 14.8 Å². The van der Waals surface area contributed by atoms with Gasteiger partial charge in [0.15, 0.2) is 0 Å². The van der Waals surface area contributed by atoms with Crippen molar-refractivity contribution in [2.75, 3.05) is 18.5 Å². The van der Waals surface area contributed by atoms with Crippen LogP contribution in [0.5, 0.6) is 0 Å². The largest absolute Gasteiger partial charge is 0.466 e. The van der Waals surface area contributed by atoms with Crippen molar-refractivity contribution in [3.05, 3.63) is 29.3 Å². The lowest BCUT2D eigenvalue weighted by Gasteiger charge is -2.39. The van der Waals surface area contributed by atoms with Gasteiger partial charge in [0.1, 0.15) is 11.6 Å². The van der Waals surface area contributed by atoms with E-state index in [9.17, 15) is 14.4 Å². The molecule has 1 aromatic rings. The zero-order chi connectivity index (χ0) is 22.5. The molecule has 30 heavy (non-hydrogen) atoms. The molecule has 0 bridgehead atoms. The number of para-hydroxylation sites is 1. The van der Waals surface area contributed by atoms with E-state index >= 15 is 0 Å². The van der Waals surface area contributed by atoms with Gasteiger partial charge in [-0.1, -0.05) is 18.2 Å². The number of esters is 1. The molecule has 2 atom stereocenters. The number of anilines is 1. The zero-order valence-corrected chi connectivity index (χ0v) is 18.9. The first-order valence-electron chi connectivity index (χ1n) is 10.5. The minimum absolute atomic E-state index is 0.0311. The second kappa shape index (κ2) is 9.96. The molecule has 2 rings (SSSR count). The molecular weight excluding hydrogens is 384 g/mol. The van der Waals surface area contributed by atoms with Crippen molar-refractivity contribution < 1.29 is 23.9 Å². The van der Waals surface area contributed by atoms with Crippen molar-refractivity contribution in [3.8, 4) is 0 Å². The quantitative estimate of drug-likeness (QED) is 0.724. The molecule has 1 fully saturated rings. The van der Waals surface area contributed by atoms with Crippen LogP contribution in [0.3, 0.4) is 0 Å². The summed E-state index contributed by atoms with van der Waals surface area (Å²) in [6, 6.07) is 5.08. The Hall–Kier alpha value is -2.57. The SMILES string of the molecule is CCOC(=O)C[C@H]1CCN(C(=O)OC(C)(C)C)[C@H](C(=O)Nc2c(C)cccc2C)C1. The number of aryl methyl sites for hydroxylation is 2. The molecule has 2 amide bonds. The van der Waals surface area contributed by atoms with E-state index in [-0.39, 0.29) is 24.2 Å². The van der Waals surface area contributed by atoms with Gasteiger partial charge in [-0.15, -0.1) is 0 Å². The average molecular weight is 419 g/mol. The maximum atomic E-state index is 13.2. The second-order valence-electron chi connectivity index (χ2n) is 8.85. The number of ether oxygens (including phenoxy) is 2. The summed E-state index contributed by atoms with van der Waals surface area (Å²) in [5.74, 6) is -0.578. The van der Waals surface area contributed by atoms with Gasteiger partial charge in [-0.05, 0) is 71.4 Å². The van der Waals surface area contributed by atoms with E-state index in [2.05, 4.69) is 5.32 Å². The summed E-state index contributed by atoms with van der Waals surface area (Å²) in [6.07, 6.45) is 0.724. The summed E-state index contributed by atoms with van der Waals surface area (Å²) < 4.78 is 10.6. The Labute approximate surface area is 179 Å². The van der Waals surface area contributed by atoms with Gasteiger partial charge >= 0.3 is 12.1 Å². The molecule has 1 aliphatic rings. The molecule has 7 heteroatoms. The number of nitrogens with zero attached hydrogens (tertiary/aromatic N) is 1. The van der Waals surface area contributed by atoms with Crippen molar-refractivity contribution >= 4 is 23.7 Å². The summed E-state index contributed by atoms with van der Waals surface area (Å²) in [4.78, 5) is 39.4. The monoisotopic (exact) mass is 418 g/mol. The number of nitrogens with one attached hydrogen (secondary N) is 1. The van der Waals surface area contributed by atoms with E-state index in [1.54, 1.807) is 27.7 Å². The summed E-state index contributed by atoms with van der Waals surface area (Å²) in [7, 11) is 0. The van der Waals surface area contributed by atoms with E-state index in [1.807, 2.05) is 32.0 Å². The molecule has 0 radical (unpaired) electrons. The molecule has 1 saturated heterocycles. The van der Waals surface area contributed by atoms with Crippen molar-refractivity contribution in [1.82, 2.24) is 4.90 Å². The smallest absolute Gasteiger partial charge is 0.410 e. The lowest BCUT2D eigenvalue weighted by Crippen LogP contribution is -2.53. The van der Waals surface area contributed by atoms with Crippen LogP contribution in [0.25, 0.3) is 0 Å². The van der Waals surface area contributed by atoms with Gasteiger partial charge in [0, 0.05) is 18.7 Å². The third-order valence-electron chi connectivity index (χ3n) is 5.13. The van der Waals surface area contributed by atoms with Gasteiger partial charge in [-0.3, -0.25) is 14.5 Å². The van der Waals surface area contributed by atoms with Crippen molar-refractivity contribution in [2.45, 2.75) is 72.4 Å². The highest BCUT2D eigenvalue weighted by atomic mass is 16.6. The molecule has 0 aromatic heterocycles. The molecule has 1 N–H and O–H groups in total. The van der Waals surface area contributed by atoms with Crippen LogP contribution in [0, 0.1) is 19.8 Å². The predicted octanol–water partition coefficient (Wildman–Crippen LogP) is 4.21. The van der Waals surface area contributed by atoms with Crippen LogP contribution in [0.2, 0.25) is 0 Å². The molecule has 0 unspecified atom stereocenters. The standard InChI is InChI=1S/C23H34N2O5/c1-7-29-19(26)14-17-11-12-25(22(28)30-23(4,5)6)18(13-17)21(27)24-20-15(2)9-8-10-16(20)3/h8-10,17-18H,7,11-14H2,1-6H3,(H,24,27)/t17-,18-/m0/s1. The van der Waals surface area contributed by atoms with E-state index in [0.29, 0.717) is 26.0 Å². The number of amides is 2. The Bertz CT molecular complexity index is 764. The van der Waals surface area contributed by atoms with Crippen LogP contribution in [0.1, 0.15) is 58.1 Å². The number of benzene rings is 1. The lowest BCUT2D eigenvalue weighted by atomic mass is 9.88. The van der Waals surface area contributed by atoms with Gasteiger partial charge in [0.05, 0.1) is 6.61 Å². The number of hydrogen-bond donors (Lipinski definition) is 1. The maximum Gasteiger partial charge on any atom is 0.410 e. The first-order valence-corrected chi connectivity index (χ1v) is 10.5. The topological polar surface area (TPSA) is 84.9 Å². The molecule has 1 aliphatic heterocycles. The Morgan fingerprint density at radius 1 is 1.17 bits per heavy atom. The number of hydrogen-bond acceptors (Lipinski definition) is 5. The fraction of sp³-hybridized carbons (Fsp3) is 0.609. The Morgan fingerprint density at radius 3 is 2.37 bits per heavy atom. The average Bonchev–Trinajstić information content (AvgIpc) is 2.63. The van der Waals surface area contributed by atoms with Gasteiger partial charge in [-0.2, -0.15) is 0 Å². The van der Waals surface area contributed by atoms with Crippen LogP contribution >= 0.6 is 0 Å². The summed E-state index contributed by atoms with van der Waals surface area (Å²) >= 11 is 0. The predicted molar refractivity (Wildman–Crippen MR) is 115 cm³/mol. The van der Waals surface area contributed by atoms with Gasteiger partial charge in [-0.25, -0.2) is 4.79 Å². The normalized spacial score (nSPS) is 19.2.